The van der Waals surface area contributed by atoms with Crippen molar-refractivity contribution >= 4 is 43.5 Å². The molecule has 98 valence electrons. The van der Waals surface area contributed by atoms with Crippen LogP contribution >= 0.6 is 31.9 Å². The van der Waals surface area contributed by atoms with E-state index in [1.807, 2.05) is 24.3 Å². The number of carboxylic acid groups (broad SMARTS) is 1. The second-order valence-electron chi connectivity index (χ2n) is 3.99. The summed E-state index contributed by atoms with van der Waals surface area (Å²) in [5, 5.41) is 12.1. The first-order chi connectivity index (χ1) is 9.06. The SMILES string of the molecule is O=C(O)c1cccc(NCc2ccc(Br)c(Br)c2)c1. The third kappa shape index (κ3) is 3.81. The van der Waals surface area contributed by atoms with E-state index in [2.05, 4.69) is 37.2 Å². The second kappa shape index (κ2) is 6.21. The van der Waals surface area contributed by atoms with Gasteiger partial charge in [0, 0.05) is 21.2 Å². The van der Waals surface area contributed by atoms with Crippen LogP contribution in [0.3, 0.4) is 0 Å². The number of hydrogen-bond acceptors (Lipinski definition) is 2. The van der Waals surface area contributed by atoms with E-state index in [1.165, 1.54) is 0 Å². The number of nitrogens with one attached hydrogen (secondary N) is 1. The van der Waals surface area contributed by atoms with Gasteiger partial charge in [-0.25, -0.2) is 4.79 Å². The monoisotopic (exact) mass is 383 g/mol. The molecule has 0 aliphatic heterocycles. The van der Waals surface area contributed by atoms with E-state index >= 15 is 0 Å². The number of carbonyl (C=O) groups is 1. The van der Waals surface area contributed by atoms with Crippen LogP contribution in [-0.4, -0.2) is 11.1 Å². The average molecular weight is 385 g/mol. The quantitative estimate of drug-likeness (QED) is 0.814. The fraction of sp³-hybridized carbons (Fsp3) is 0.0714. The van der Waals surface area contributed by atoms with Gasteiger partial charge in [-0.3, -0.25) is 0 Å². The number of aromatic carboxylic acids is 1. The highest BCUT2D eigenvalue weighted by Gasteiger charge is 2.03. The van der Waals surface area contributed by atoms with Crippen LogP contribution in [0.4, 0.5) is 5.69 Å². The molecule has 0 fully saturated rings. The van der Waals surface area contributed by atoms with Gasteiger partial charge in [-0.1, -0.05) is 12.1 Å². The Balaban J connectivity index is 2.07. The van der Waals surface area contributed by atoms with Crippen molar-refractivity contribution in [2.75, 3.05) is 5.32 Å². The van der Waals surface area contributed by atoms with Gasteiger partial charge in [-0.2, -0.15) is 0 Å². The Labute approximate surface area is 127 Å². The molecule has 5 heteroatoms. The minimum atomic E-state index is -0.921. The van der Waals surface area contributed by atoms with E-state index in [4.69, 9.17) is 5.11 Å². The zero-order chi connectivity index (χ0) is 13.8. The minimum absolute atomic E-state index is 0.280. The molecule has 0 unspecified atom stereocenters. The summed E-state index contributed by atoms with van der Waals surface area (Å²) >= 11 is 6.87. The largest absolute Gasteiger partial charge is 0.478 e. The summed E-state index contributed by atoms with van der Waals surface area (Å²) in [6.45, 7) is 0.634. The van der Waals surface area contributed by atoms with Gasteiger partial charge in [0.1, 0.15) is 0 Å². The molecular weight excluding hydrogens is 374 g/mol. The summed E-state index contributed by atoms with van der Waals surface area (Å²) in [7, 11) is 0. The number of halogens is 2. The van der Waals surface area contributed by atoms with E-state index in [9.17, 15) is 4.79 Å². The van der Waals surface area contributed by atoms with Gasteiger partial charge in [0.25, 0.3) is 0 Å². The lowest BCUT2D eigenvalue weighted by molar-refractivity contribution is 0.0697. The van der Waals surface area contributed by atoms with Crippen LogP contribution in [0.25, 0.3) is 0 Å². The predicted octanol–water partition coefficient (Wildman–Crippen LogP) is 4.52. The number of carboxylic acids is 1. The molecule has 0 heterocycles. The Bertz CT molecular complexity index is 614. The summed E-state index contributed by atoms with van der Waals surface area (Å²) in [4.78, 5) is 10.9. The van der Waals surface area contributed by atoms with E-state index in [-0.39, 0.29) is 5.56 Å². The predicted molar refractivity (Wildman–Crippen MR) is 82.6 cm³/mol. The highest BCUT2D eigenvalue weighted by Crippen LogP contribution is 2.24. The molecule has 0 saturated carbocycles. The summed E-state index contributed by atoms with van der Waals surface area (Å²) in [5.74, 6) is -0.921. The van der Waals surface area contributed by atoms with Crippen molar-refractivity contribution in [2.24, 2.45) is 0 Å². The molecule has 0 aliphatic rings. The molecule has 2 rings (SSSR count). The van der Waals surface area contributed by atoms with Gasteiger partial charge < -0.3 is 10.4 Å². The molecule has 0 aliphatic carbocycles. The highest BCUT2D eigenvalue weighted by atomic mass is 79.9. The van der Waals surface area contributed by atoms with Gasteiger partial charge >= 0.3 is 5.97 Å². The molecule has 2 aromatic carbocycles. The van der Waals surface area contributed by atoms with Gasteiger partial charge in [-0.15, -0.1) is 0 Å². The second-order valence-corrected chi connectivity index (χ2v) is 5.70. The van der Waals surface area contributed by atoms with E-state index in [0.29, 0.717) is 6.54 Å². The first-order valence-corrected chi connectivity index (χ1v) is 7.16. The molecule has 0 aromatic heterocycles. The molecule has 2 N–H and O–H groups in total. The van der Waals surface area contributed by atoms with Crippen LogP contribution < -0.4 is 5.32 Å². The minimum Gasteiger partial charge on any atom is -0.478 e. The lowest BCUT2D eigenvalue weighted by atomic mass is 10.2. The summed E-state index contributed by atoms with van der Waals surface area (Å²) < 4.78 is 2.00. The van der Waals surface area contributed by atoms with Gasteiger partial charge in [0.15, 0.2) is 0 Å². The van der Waals surface area contributed by atoms with Crippen LogP contribution in [-0.2, 0) is 6.54 Å². The molecule has 3 nitrogen and oxygen atoms in total. The molecule has 0 amide bonds. The number of hydrogen-bond donors (Lipinski definition) is 2. The lowest BCUT2D eigenvalue weighted by Gasteiger charge is -2.08. The van der Waals surface area contributed by atoms with Gasteiger partial charge in [-0.05, 0) is 67.8 Å². The van der Waals surface area contributed by atoms with Crippen LogP contribution in [0.2, 0.25) is 0 Å². The van der Waals surface area contributed by atoms with Crippen molar-refractivity contribution in [2.45, 2.75) is 6.54 Å². The molecule has 0 spiro atoms. The summed E-state index contributed by atoms with van der Waals surface area (Å²) in [6, 6.07) is 12.7. The topological polar surface area (TPSA) is 49.3 Å². The Kier molecular flexibility index (Phi) is 4.61. The molecular formula is C14H11Br2NO2. The van der Waals surface area contributed by atoms with Crippen LogP contribution in [0.5, 0.6) is 0 Å². The van der Waals surface area contributed by atoms with E-state index in [1.54, 1.807) is 18.2 Å². The fourth-order valence-corrected chi connectivity index (χ4v) is 2.29. The maximum absolute atomic E-state index is 10.9. The molecule has 0 atom stereocenters. The fourth-order valence-electron chi connectivity index (χ4n) is 1.62. The third-order valence-corrected chi connectivity index (χ3v) is 4.47. The average Bonchev–Trinajstić information content (AvgIpc) is 2.40. The number of benzene rings is 2. The number of anilines is 1. The maximum atomic E-state index is 10.9. The molecule has 19 heavy (non-hydrogen) atoms. The smallest absolute Gasteiger partial charge is 0.335 e. The van der Waals surface area contributed by atoms with Crippen LogP contribution in [0.15, 0.2) is 51.4 Å². The van der Waals surface area contributed by atoms with Crippen molar-refractivity contribution in [3.63, 3.8) is 0 Å². The van der Waals surface area contributed by atoms with E-state index in [0.717, 1.165) is 20.2 Å². The van der Waals surface area contributed by atoms with Crippen molar-refractivity contribution in [1.82, 2.24) is 0 Å². The summed E-state index contributed by atoms with van der Waals surface area (Å²) in [5.41, 5.74) is 2.18. The van der Waals surface area contributed by atoms with Crippen molar-refractivity contribution in [1.29, 1.82) is 0 Å². The Morgan fingerprint density at radius 1 is 1.11 bits per heavy atom. The normalized spacial score (nSPS) is 10.2. The molecule has 0 radical (unpaired) electrons. The molecule has 2 aromatic rings. The number of rotatable bonds is 4. The van der Waals surface area contributed by atoms with Crippen molar-refractivity contribution in [3.8, 4) is 0 Å². The third-order valence-electron chi connectivity index (χ3n) is 2.59. The molecule has 0 bridgehead atoms. The van der Waals surface area contributed by atoms with Gasteiger partial charge in [0.2, 0.25) is 0 Å². The first kappa shape index (κ1) is 14.1. The Morgan fingerprint density at radius 2 is 1.89 bits per heavy atom. The lowest BCUT2D eigenvalue weighted by Crippen LogP contribution is -2.02. The zero-order valence-corrected chi connectivity index (χ0v) is 13.0. The summed E-state index contributed by atoms with van der Waals surface area (Å²) in [6.07, 6.45) is 0. The van der Waals surface area contributed by atoms with Crippen LogP contribution in [0.1, 0.15) is 15.9 Å². The van der Waals surface area contributed by atoms with Crippen molar-refractivity contribution in [3.05, 3.63) is 62.5 Å². The standard InChI is InChI=1S/C14H11Br2NO2/c15-12-5-4-9(6-13(12)16)8-17-11-3-1-2-10(7-11)14(18)19/h1-7,17H,8H2,(H,18,19). The molecule has 0 saturated heterocycles. The van der Waals surface area contributed by atoms with Gasteiger partial charge in [0.05, 0.1) is 5.56 Å². The van der Waals surface area contributed by atoms with E-state index < -0.39 is 5.97 Å². The van der Waals surface area contributed by atoms with Crippen LogP contribution in [0, 0.1) is 0 Å². The highest BCUT2D eigenvalue weighted by molar-refractivity contribution is 9.13. The van der Waals surface area contributed by atoms with Crippen molar-refractivity contribution < 1.29 is 9.90 Å². The zero-order valence-electron chi connectivity index (χ0n) is 9.86. The maximum Gasteiger partial charge on any atom is 0.335 e. The Morgan fingerprint density at radius 3 is 2.58 bits per heavy atom. The first-order valence-electron chi connectivity index (χ1n) is 5.57. The Hall–Kier alpha value is -1.33.